The van der Waals surface area contributed by atoms with E-state index in [2.05, 4.69) is 11.8 Å². The molecule has 7 heteroatoms. The lowest BCUT2D eigenvalue weighted by molar-refractivity contribution is -0.158. The SMILES string of the molecule is Cc1ccccc1S(=O)(=O)N1CC(=O)N2[C@H](CO)[C@H](c3ccc(C#CCC4CCCC4)cc3)[C@H]2C1. The summed E-state index contributed by atoms with van der Waals surface area (Å²) in [7, 11) is -3.80. The normalized spacial score (nSPS) is 25.0. The number of aliphatic hydroxyl groups excluding tert-OH is 1. The molecule has 1 N–H and O–H groups in total. The van der Waals surface area contributed by atoms with Crippen LogP contribution in [0.15, 0.2) is 53.4 Å². The summed E-state index contributed by atoms with van der Waals surface area (Å²) in [4.78, 5) is 14.9. The van der Waals surface area contributed by atoms with Crippen molar-refractivity contribution in [3.05, 3.63) is 65.2 Å². The van der Waals surface area contributed by atoms with Gasteiger partial charge in [0.15, 0.2) is 0 Å². The van der Waals surface area contributed by atoms with E-state index in [9.17, 15) is 18.3 Å². The molecule has 0 radical (unpaired) electrons. The Hall–Kier alpha value is -2.66. The van der Waals surface area contributed by atoms with Gasteiger partial charge in [-0.05, 0) is 55.0 Å². The van der Waals surface area contributed by atoms with Crippen molar-refractivity contribution in [1.82, 2.24) is 9.21 Å². The second-order valence-corrected chi connectivity index (χ2v) is 11.9. The van der Waals surface area contributed by atoms with Crippen molar-refractivity contribution in [2.45, 2.75) is 61.9 Å². The van der Waals surface area contributed by atoms with Gasteiger partial charge in [0.05, 0.1) is 30.1 Å². The lowest BCUT2D eigenvalue weighted by Gasteiger charge is -2.58. The van der Waals surface area contributed by atoms with Crippen LogP contribution >= 0.6 is 0 Å². The molecule has 5 rings (SSSR count). The molecule has 3 fully saturated rings. The van der Waals surface area contributed by atoms with Crippen molar-refractivity contribution < 1.29 is 18.3 Å². The topological polar surface area (TPSA) is 77.9 Å². The van der Waals surface area contributed by atoms with E-state index in [0.29, 0.717) is 5.56 Å². The highest BCUT2D eigenvalue weighted by Gasteiger charge is 2.55. The molecular formula is C28H32N2O4S. The Balaban J connectivity index is 1.34. The molecule has 0 spiro atoms. The quantitative estimate of drug-likeness (QED) is 0.650. The number of nitrogens with zero attached hydrogens (tertiary/aromatic N) is 2. The fourth-order valence-corrected chi connectivity index (χ4v) is 7.57. The minimum atomic E-state index is -3.80. The van der Waals surface area contributed by atoms with Crippen molar-refractivity contribution in [1.29, 1.82) is 0 Å². The van der Waals surface area contributed by atoms with E-state index >= 15 is 0 Å². The van der Waals surface area contributed by atoms with Crippen LogP contribution in [0, 0.1) is 24.7 Å². The van der Waals surface area contributed by atoms with Crippen molar-refractivity contribution >= 4 is 15.9 Å². The Morgan fingerprint density at radius 2 is 1.77 bits per heavy atom. The average Bonchev–Trinajstić information content (AvgIpc) is 3.35. The lowest BCUT2D eigenvalue weighted by Crippen LogP contribution is -2.73. The summed E-state index contributed by atoms with van der Waals surface area (Å²) in [5.41, 5.74) is 2.60. The first-order chi connectivity index (χ1) is 16.9. The molecule has 0 unspecified atom stereocenters. The first-order valence-electron chi connectivity index (χ1n) is 12.5. The average molecular weight is 493 g/mol. The summed E-state index contributed by atoms with van der Waals surface area (Å²) >= 11 is 0. The number of aryl methyl sites for hydroxylation is 1. The van der Waals surface area contributed by atoms with E-state index in [4.69, 9.17) is 0 Å². The molecule has 3 aliphatic rings. The van der Waals surface area contributed by atoms with Crippen LogP contribution in [0.4, 0.5) is 0 Å². The fourth-order valence-electron chi connectivity index (χ4n) is 5.94. The molecule has 2 aromatic rings. The van der Waals surface area contributed by atoms with E-state index in [-0.39, 0.29) is 48.5 Å². The van der Waals surface area contributed by atoms with Gasteiger partial charge in [-0.1, -0.05) is 55.0 Å². The van der Waals surface area contributed by atoms with Crippen LogP contribution in [0.3, 0.4) is 0 Å². The van der Waals surface area contributed by atoms with Crippen molar-refractivity contribution in [3.8, 4) is 11.8 Å². The maximum absolute atomic E-state index is 13.4. The second-order valence-electron chi connectivity index (χ2n) is 9.99. The summed E-state index contributed by atoms with van der Waals surface area (Å²) in [6.45, 7) is 1.62. The molecule has 3 atom stereocenters. The number of amides is 1. The van der Waals surface area contributed by atoms with Gasteiger partial charge in [0.25, 0.3) is 0 Å². The minimum absolute atomic E-state index is 0.126. The number of aliphatic hydroxyl groups is 1. The molecule has 35 heavy (non-hydrogen) atoms. The Bertz CT molecular complexity index is 1260. The van der Waals surface area contributed by atoms with E-state index in [1.54, 1.807) is 36.1 Å². The van der Waals surface area contributed by atoms with Gasteiger partial charge in [-0.25, -0.2) is 8.42 Å². The van der Waals surface area contributed by atoms with Crippen LogP contribution < -0.4 is 0 Å². The van der Waals surface area contributed by atoms with E-state index in [1.165, 1.54) is 30.0 Å². The monoisotopic (exact) mass is 492 g/mol. The summed E-state index contributed by atoms with van der Waals surface area (Å²) in [6, 6.07) is 14.2. The van der Waals surface area contributed by atoms with Gasteiger partial charge in [0.2, 0.25) is 15.9 Å². The van der Waals surface area contributed by atoms with Crippen molar-refractivity contribution in [2.24, 2.45) is 5.92 Å². The summed E-state index contributed by atoms with van der Waals surface area (Å²) in [5.74, 6) is 6.92. The van der Waals surface area contributed by atoms with Crippen molar-refractivity contribution in [3.63, 3.8) is 0 Å². The molecular weight excluding hydrogens is 460 g/mol. The molecule has 2 aromatic carbocycles. The maximum atomic E-state index is 13.4. The van der Waals surface area contributed by atoms with E-state index < -0.39 is 10.0 Å². The lowest BCUT2D eigenvalue weighted by atomic mass is 9.74. The zero-order valence-electron chi connectivity index (χ0n) is 20.1. The third kappa shape index (κ3) is 4.51. The highest BCUT2D eigenvalue weighted by Crippen LogP contribution is 2.43. The predicted octanol–water partition coefficient (Wildman–Crippen LogP) is 3.29. The van der Waals surface area contributed by atoms with E-state index in [1.807, 2.05) is 24.3 Å². The van der Waals surface area contributed by atoms with Gasteiger partial charge in [-0.2, -0.15) is 4.31 Å². The van der Waals surface area contributed by atoms with Crippen LogP contribution in [0.25, 0.3) is 0 Å². The smallest absolute Gasteiger partial charge is 0.243 e. The molecule has 2 saturated heterocycles. The minimum Gasteiger partial charge on any atom is -0.394 e. The standard InChI is InChI=1S/C28H32N2O4S/c1-20-7-2-5-12-26(20)35(33,34)29-17-24-28(25(19-31)30(24)27(32)18-29)23-15-13-22(14-16-23)11-6-10-21-8-3-4-9-21/h2,5,7,12-16,21,24-25,28,31H,3-4,8-10,17-19H2,1H3/t24-,25-,28-/m1/s1. The second kappa shape index (κ2) is 9.77. The largest absolute Gasteiger partial charge is 0.394 e. The third-order valence-electron chi connectivity index (χ3n) is 7.83. The zero-order valence-corrected chi connectivity index (χ0v) is 20.9. The zero-order chi connectivity index (χ0) is 24.6. The number of fused-ring (bicyclic) bond motifs is 1. The predicted molar refractivity (Wildman–Crippen MR) is 134 cm³/mol. The van der Waals surface area contributed by atoms with Crippen LogP contribution in [0.2, 0.25) is 0 Å². The number of carbonyl (C=O) groups is 1. The molecule has 2 aliphatic heterocycles. The Morgan fingerprint density at radius 3 is 2.46 bits per heavy atom. The van der Waals surface area contributed by atoms with Crippen molar-refractivity contribution in [2.75, 3.05) is 19.7 Å². The number of hydrogen-bond donors (Lipinski definition) is 1. The van der Waals surface area contributed by atoms with Gasteiger partial charge >= 0.3 is 0 Å². The Morgan fingerprint density at radius 1 is 1.06 bits per heavy atom. The van der Waals surface area contributed by atoms with Gasteiger partial charge in [0, 0.05) is 24.4 Å². The third-order valence-corrected chi connectivity index (χ3v) is 9.80. The van der Waals surface area contributed by atoms with Gasteiger partial charge in [-0.3, -0.25) is 4.79 Å². The van der Waals surface area contributed by atoms with Gasteiger partial charge < -0.3 is 10.0 Å². The van der Waals surface area contributed by atoms with Crippen LogP contribution in [0.5, 0.6) is 0 Å². The number of carbonyl (C=O) groups excluding carboxylic acids is 1. The molecule has 184 valence electrons. The number of hydrogen-bond acceptors (Lipinski definition) is 4. The molecule has 1 saturated carbocycles. The summed E-state index contributed by atoms with van der Waals surface area (Å²) in [5, 5.41) is 10.0. The van der Waals surface area contributed by atoms with Gasteiger partial charge in [0.1, 0.15) is 0 Å². The van der Waals surface area contributed by atoms with Crippen LogP contribution in [-0.4, -0.2) is 60.4 Å². The maximum Gasteiger partial charge on any atom is 0.243 e. The number of rotatable bonds is 5. The molecule has 0 bridgehead atoms. The van der Waals surface area contributed by atoms with Crippen LogP contribution in [-0.2, 0) is 14.8 Å². The Labute approximate surface area is 208 Å². The number of piperazine rings is 1. The highest BCUT2D eigenvalue weighted by molar-refractivity contribution is 7.89. The number of benzene rings is 2. The number of sulfonamides is 1. The molecule has 0 aromatic heterocycles. The summed E-state index contributed by atoms with van der Waals surface area (Å²) in [6.07, 6.45) is 6.15. The first-order valence-corrected chi connectivity index (χ1v) is 13.9. The first kappa shape index (κ1) is 24.1. The fraction of sp³-hybridized carbons (Fsp3) is 0.464. The van der Waals surface area contributed by atoms with Crippen LogP contribution in [0.1, 0.15) is 54.7 Å². The molecule has 1 amide bonds. The van der Waals surface area contributed by atoms with E-state index in [0.717, 1.165) is 23.5 Å². The molecule has 2 heterocycles. The molecule has 6 nitrogen and oxygen atoms in total. The Kier molecular flexibility index (Phi) is 6.71. The van der Waals surface area contributed by atoms with Gasteiger partial charge in [-0.15, -0.1) is 0 Å². The summed E-state index contributed by atoms with van der Waals surface area (Å²) < 4.78 is 28.0. The highest BCUT2D eigenvalue weighted by atomic mass is 32.2. The molecule has 1 aliphatic carbocycles.